The van der Waals surface area contributed by atoms with Crippen LogP contribution in [-0.2, 0) is 6.54 Å². The second-order valence-electron chi connectivity index (χ2n) is 6.78. The third kappa shape index (κ3) is 3.75. The maximum atomic E-state index is 4.25. The van der Waals surface area contributed by atoms with Crippen molar-refractivity contribution in [2.45, 2.75) is 19.9 Å². The molecule has 1 aliphatic heterocycles. The minimum atomic E-state index is 0.982. The van der Waals surface area contributed by atoms with E-state index in [2.05, 4.69) is 50.1 Å². The van der Waals surface area contributed by atoms with Gasteiger partial charge in [0.05, 0.1) is 6.33 Å². The Bertz CT molecular complexity index is 831. The third-order valence-electron chi connectivity index (χ3n) is 4.99. The first-order valence-corrected chi connectivity index (χ1v) is 9.12. The zero-order chi connectivity index (χ0) is 17.8. The standard InChI is InChI=1S/C20H24N6/c1-17-14-19(26-11-8-21-16-26)6-5-18(17)15-24-9-3-10-25(13-12-24)20-4-2-7-22-23-20/h2,4-8,11,14,16H,3,9-10,12-13,15H2,1H3. The summed E-state index contributed by atoms with van der Waals surface area (Å²) in [4.78, 5) is 9.00. The lowest BCUT2D eigenvalue weighted by molar-refractivity contribution is 0.285. The number of benzene rings is 1. The molecule has 134 valence electrons. The van der Waals surface area contributed by atoms with Crippen molar-refractivity contribution in [3.8, 4) is 5.69 Å². The SMILES string of the molecule is Cc1cc(-n2ccnc2)ccc1CN1CCCN(c2cccnn2)CC1. The molecule has 0 amide bonds. The topological polar surface area (TPSA) is 50.1 Å². The second-order valence-corrected chi connectivity index (χ2v) is 6.78. The van der Waals surface area contributed by atoms with Crippen molar-refractivity contribution in [2.75, 3.05) is 31.1 Å². The summed E-state index contributed by atoms with van der Waals surface area (Å²) in [6.45, 7) is 7.36. The average Bonchev–Trinajstić information content (AvgIpc) is 3.11. The Labute approximate surface area is 154 Å². The largest absolute Gasteiger partial charge is 0.354 e. The molecule has 6 heteroatoms. The van der Waals surface area contributed by atoms with Gasteiger partial charge in [-0.3, -0.25) is 4.90 Å². The van der Waals surface area contributed by atoms with Crippen LogP contribution in [0.25, 0.3) is 5.69 Å². The summed E-state index contributed by atoms with van der Waals surface area (Å²) in [6.07, 6.45) is 8.49. The van der Waals surface area contributed by atoms with E-state index in [1.807, 2.05) is 35.4 Å². The Hall–Kier alpha value is -2.73. The Balaban J connectivity index is 1.41. The van der Waals surface area contributed by atoms with Crippen LogP contribution < -0.4 is 4.90 Å². The second kappa shape index (κ2) is 7.66. The lowest BCUT2D eigenvalue weighted by atomic mass is 10.1. The molecule has 0 unspecified atom stereocenters. The molecular weight excluding hydrogens is 324 g/mol. The van der Waals surface area contributed by atoms with Gasteiger partial charge in [-0.05, 0) is 48.7 Å². The number of imidazole rings is 1. The summed E-state index contributed by atoms with van der Waals surface area (Å²) < 4.78 is 2.04. The highest BCUT2D eigenvalue weighted by Gasteiger charge is 2.17. The summed E-state index contributed by atoms with van der Waals surface area (Å²) in [5.74, 6) is 0.982. The molecule has 1 fully saturated rings. The first-order chi connectivity index (χ1) is 12.8. The summed E-state index contributed by atoms with van der Waals surface area (Å²) in [5, 5.41) is 8.26. The van der Waals surface area contributed by atoms with Crippen LogP contribution in [0.1, 0.15) is 17.5 Å². The predicted octanol–water partition coefficient (Wildman–Crippen LogP) is 2.68. The molecule has 6 nitrogen and oxygen atoms in total. The van der Waals surface area contributed by atoms with Gasteiger partial charge in [0, 0.05) is 57.0 Å². The monoisotopic (exact) mass is 348 g/mol. The molecule has 3 heterocycles. The lowest BCUT2D eigenvalue weighted by Gasteiger charge is -2.23. The first kappa shape index (κ1) is 16.7. The summed E-state index contributed by atoms with van der Waals surface area (Å²) in [6, 6.07) is 10.7. The number of nitrogens with zero attached hydrogens (tertiary/aromatic N) is 6. The molecule has 0 radical (unpaired) electrons. The van der Waals surface area contributed by atoms with Gasteiger partial charge in [0.1, 0.15) is 0 Å². The number of hydrogen-bond donors (Lipinski definition) is 0. The molecule has 1 aliphatic rings. The molecule has 0 spiro atoms. The highest BCUT2D eigenvalue weighted by Crippen LogP contribution is 2.18. The fourth-order valence-corrected chi connectivity index (χ4v) is 3.49. The van der Waals surface area contributed by atoms with Crippen molar-refractivity contribution in [3.63, 3.8) is 0 Å². The highest BCUT2D eigenvalue weighted by atomic mass is 15.3. The van der Waals surface area contributed by atoms with Crippen molar-refractivity contribution in [2.24, 2.45) is 0 Å². The molecule has 0 N–H and O–H groups in total. The maximum absolute atomic E-state index is 4.25. The van der Waals surface area contributed by atoms with E-state index in [1.54, 1.807) is 6.20 Å². The number of aryl methyl sites for hydroxylation is 1. The van der Waals surface area contributed by atoms with Crippen LogP contribution in [0.15, 0.2) is 55.2 Å². The molecule has 0 atom stereocenters. The lowest BCUT2D eigenvalue weighted by Crippen LogP contribution is -2.31. The average molecular weight is 348 g/mol. The molecule has 1 saturated heterocycles. The van der Waals surface area contributed by atoms with E-state index in [-0.39, 0.29) is 0 Å². The van der Waals surface area contributed by atoms with E-state index in [0.717, 1.165) is 50.6 Å². The van der Waals surface area contributed by atoms with Crippen LogP contribution in [-0.4, -0.2) is 50.8 Å². The zero-order valence-corrected chi connectivity index (χ0v) is 15.1. The van der Waals surface area contributed by atoms with Crippen LogP contribution in [0.3, 0.4) is 0 Å². The summed E-state index contributed by atoms with van der Waals surface area (Å²) in [7, 11) is 0. The Kier molecular flexibility index (Phi) is 4.93. The van der Waals surface area contributed by atoms with Gasteiger partial charge >= 0.3 is 0 Å². The fourth-order valence-electron chi connectivity index (χ4n) is 3.49. The summed E-state index contributed by atoms with van der Waals surface area (Å²) in [5.41, 5.74) is 3.88. The Morgan fingerprint density at radius 3 is 2.77 bits per heavy atom. The molecule has 1 aromatic carbocycles. The number of rotatable bonds is 4. The van der Waals surface area contributed by atoms with Crippen LogP contribution in [0.4, 0.5) is 5.82 Å². The van der Waals surface area contributed by atoms with E-state index in [0.29, 0.717) is 0 Å². The Morgan fingerprint density at radius 1 is 1.04 bits per heavy atom. The molecule has 0 saturated carbocycles. The van der Waals surface area contributed by atoms with Gasteiger partial charge in [0.2, 0.25) is 0 Å². The van der Waals surface area contributed by atoms with Gasteiger partial charge in [0.15, 0.2) is 5.82 Å². The van der Waals surface area contributed by atoms with Crippen LogP contribution in [0.5, 0.6) is 0 Å². The molecule has 3 aromatic rings. The van der Waals surface area contributed by atoms with Crippen molar-refractivity contribution in [1.82, 2.24) is 24.6 Å². The molecule has 2 aromatic heterocycles. The molecule has 0 bridgehead atoms. The smallest absolute Gasteiger partial charge is 0.151 e. The molecule has 0 aliphatic carbocycles. The van der Waals surface area contributed by atoms with Crippen molar-refractivity contribution < 1.29 is 0 Å². The van der Waals surface area contributed by atoms with Crippen LogP contribution in [0, 0.1) is 6.92 Å². The van der Waals surface area contributed by atoms with E-state index in [9.17, 15) is 0 Å². The van der Waals surface area contributed by atoms with Gasteiger partial charge in [-0.1, -0.05) is 6.07 Å². The van der Waals surface area contributed by atoms with E-state index < -0.39 is 0 Å². The van der Waals surface area contributed by atoms with Crippen LogP contribution >= 0.6 is 0 Å². The molecule has 26 heavy (non-hydrogen) atoms. The fraction of sp³-hybridized carbons (Fsp3) is 0.350. The third-order valence-corrected chi connectivity index (χ3v) is 4.99. The van der Waals surface area contributed by atoms with Crippen molar-refractivity contribution in [3.05, 3.63) is 66.4 Å². The van der Waals surface area contributed by atoms with Crippen molar-refractivity contribution in [1.29, 1.82) is 0 Å². The maximum Gasteiger partial charge on any atom is 0.151 e. The van der Waals surface area contributed by atoms with Gasteiger partial charge in [-0.15, -0.1) is 5.10 Å². The van der Waals surface area contributed by atoms with Gasteiger partial charge in [0.25, 0.3) is 0 Å². The zero-order valence-electron chi connectivity index (χ0n) is 15.1. The minimum Gasteiger partial charge on any atom is -0.354 e. The van der Waals surface area contributed by atoms with Crippen LogP contribution in [0.2, 0.25) is 0 Å². The predicted molar refractivity (Wildman–Crippen MR) is 102 cm³/mol. The minimum absolute atomic E-state index is 0.982. The highest BCUT2D eigenvalue weighted by molar-refractivity contribution is 5.40. The molecule has 4 rings (SSSR count). The van der Waals surface area contributed by atoms with E-state index in [4.69, 9.17) is 0 Å². The van der Waals surface area contributed by atoms with Crippen molar-refractivity contribution >= 4 is 5.82 Å². The molecular formula is C20H24N6. The van der Waals surface area contributed by atoms with Gasteiger partial charge in [-0.25, -0.2) is 4.98 Å². The first-order valence-electron chi connectivity index (χ1n) is 9.12. The van der Waals surface area contributed by atoms with E-state index in [1.165, 1.54) is 11.1 Å². The van der Waals surface area contributed by atoms with E-state index >= 15 is 0 Å². The normalized spacial score (nSPS) is 15.8. The quantitative estimate of drug-likeness (QED) is 0.725. The Morgan fingerprint density at radius 2 is 2.00 bits per heavy atom. The van der Waals surface area contributed by atoms with Gasteiger partial charge < -0.3 is 9.47 Å². The number of aromatic nitrogens is 4. The summed E-state index contributed by atoms with van der Waals surface area (Å²) >= 11 is 0. The number of hydrogen-bond acceptors (Lipinski definition) is 5. The number of anilines is 1. The van der Waals surface area contributed by atoms with Gasteiger partial charge in [-0.2, -0.15) is 5.10 Å².